The summed E-state index contributed by atoms with van der Waals surface area (Å²) in [4.78, 5) is 15.1. The first-order valence-electron chi connectivity index (χ1n) is 8.61. The lowest BCUT2D eigenvalue weighted by molar-refractivity contribution is -0.139. The normalized spacial score (nSPS) is 12.2. The van der Waals surface area contributed by atoms with Crippen molar-refractivity contribution in [3.63, 3.8) is 0 Å². The first-order chi connectivity index (χ1) is 13.6. The molecule has 4 aromatic rings. The highest BCUT2D eigenvalue weighted by Crippen LogP contribution is 2.33. The number of carbonyl (C=O) groups is 1. The minimum Gasteiger partial charge on any atom is -0.468 e. The summed E-state index contributed by atoms with van der Waals surface area (Å²) in [5.74, 6) is -0.0847. The number of halogens is 1. The zero-order chi connectivity index (χ0) is 19.7. The Bertz CT molecular complexity index is 1140. The molecule has 1 N–H and O–H groups in total. The lowest BCUT2D eigenvalue weighted by Gasteiger charge is -2.12. The fourth-order valence-electron chi connectivity index (χ4n) is 2.97. The highest BCUT2D eigenvalue weighted by molar-refractivity contribution is 8.00. The standard InChI is InChI=1S/C20H17FN4O2S/c1-12(19(26)27-2)28-20-24-23-18(25(20)14-9-7-13(21)8-10-14)16-11-22-17-6-4-3-5-15(16)17/h3-12,22H,1-2H3/t12-/m0/s1. The number of para-hydroxylation sites is 1. The van der Waals surface area contributed by atoms with Crippen LogP contribution in [0.4, 0.5) is 4.39 Å². The summed E-state index contributed by atoms with van der Waals surface area (Å²) < 4.78 is 20.1. The third-order valence-corrected chi connectivity index (χ3v) is 5.38. The van der Waals surface area contributed by atoms with Crippen molar-refractivity contribution in [3.8, 4) is 17.1 Å². The lowest BCUT2D eigenvalue weighted by Crippen LogP contribution is -2.15. The average Bonchev–Trinajstić information content (AvgIpc) is 3.32. The highest BCUT2D eigenvalue weighted by atomic mass is 32.2. The van der Waals surface area contributed by atoms with E-state index in [-0.39, 0.29) is 11.8 Å². The molecule has 0 aliphatic carbocycles. The Morgan fingerprint density at radius 2 is 1.93 bits per heavy atom. The van der Waals surface area contributed by atoms with E-state index in [1.807, 2.05) is 35.0 Å². The monoisotopic (exact) mass is 396 g/mol. The number of fused-ring (bicyclic) bond motifs is 1. The number of methoxy groups -OCH3 is 1. The third kappa shape index (κ3) is 3.27. The molecular weight excluding hydrogens is 379 g/mol. The van der Waals surface area contributed by atoms with Crippen LogP contribution in [0.25, 0.3) is 28.0 Å². The molecule has 6 nitrogen and oxygen atoms in total. The minimum atomic E-state index is -0.468. The number of rotatable bonds is 5. The van der Waals surface area contributed by atoms with Crippen LogP contribution in [-0.2, 0) is 9.53 Å². The second kappa shape index (κ2) is 7.47. The lowest BCUT2D eigenvalue weighted by atomic mass is 10.1. The van der Waals surface area contributed by atoms with Gasteiger partial charge < -0.3 is 9.72 Å². The Balaban J connectivity index is 1.87. The first-order valence-corrected chi connectivity index (χ1v) is 9.49. The second-order valence-electron chi connectivity index (χ2n) is 6.15. The molecule has 0 aliphatic heterocycles. The molecule has 0 bridgehead atoms. The van der Waals surface area contributed by atoms with Crippen LogP contribution in [0, 0.1) is 5.82 Å². The molecule has 0 unspecified atom stereocenters. The molecule has 2 heterocycles. The highest BCUT2D eigenvalue weighted by Gasteiger charge is 2.23. The van der Waals surface area contributed by atoms with E-state index in [0.29, 0.717) is 16.7 Å². The number of aromatic amines is 1. The Morgan fingerprint density at radius 1 is 1.18 bits per heavy atom. The number of benzene rings is 2. The number of hydrogen-bond acceptors (Lipinski definition) is 5. The van der Waals surface area contributed by atoms with Gasteiger partial charge in [0.15, 0.2) is 11.0 Å². The third-order valence-electron chi connectivity index (χ3n) is 4.36. The number of nitrogens with one attached hydrogen (secondary N) is 1. The molecule has 0 radical (unpaired) electrons. The fourth-order valence-corrected chi connectivity index (χ4v) is 3.87. The molecule has 0 fully saturated rings. The topological polar surface area (TPSA) is 72.8 Å². The van der Waals surface area contributed by atoms with Gasteiger partial charge in [0.25, 0.3) is 0 Å². The summed E-state index contributed by atoms with van der Waals surface area (Å²) in [5.41, 5.74) is 2.54. The Morgan fingerprint density at radius 3 is 2.68 bits per heavy atom. The molecule has 28 heavy (non-hydrogen) atoms. The van der Waals surface area contributed by atoms with Crippen molar-refractivity contribution in [2.75, 3.05) is 7.11 Å². The van der Waals surface area contributed by atoms with E-state index in [1.165, 1.54) is 31.0 Å². The van der Waals surface area contributed by atoms with E-state index < -0.39 is 5.25 Å². The molecule has 0 spiro atoms. The van der Waals surface area contributed by atoms with Crippen molar-refractivity contribution in [1.29, 1.82) is 0 Å². The van der Waals surface area contributed by atoms with E-state index in [0.717, 1.165) is 16.5 Å². The van der Waals surface area contributed by atoms with Crippen molar-refractivity contribution >= 4 is 28.6 Å². The van der Waals surface area contributed by atoms with Crippen LogP contribution < -0.4 is 0 Å². The summed E-state index contributed by atoms with van der Waals surface area (Å²) >= 11 is 1.24. The van der Waals surface area contributed by atoms with Crippen molar-refractivity contribution in [2.24, 2.45) is 0 Å². The molecule has 8 heteroatoms. The molecule has 0 saturated heterocycles. The summed E-state index contributed by atoms with van der Waals surface area (Å²) in [5, 5.41) is 9.71. The van der Waals surface area contributed by atoms with Gasteiger partial charge in [-0.15, -0.1) is 10.2 Å². The molecule has 0 amide bonds. The van der Waals surface area contributed by atoms with Crippen LogP contribution >= 0.6 is 11.8 Å². The molecule has 2 aromatic carbocycles. The second-order valence-corrected chi connectivity index (χ2v) is 7.46. The number of carbonyl (C=O) groups excluding carboxylic acids is 1. The Labute approximate surface area is 164 Å². The largest absolute Gasteiger partial charge is 0.468 e. The van der Waals surface area contributed by atoms with E-state index in [4.69, 9.17) is 4.74 Å². The van der Waals surface area contributed by atoms with Gasteiger partial charge in [-0.1, -0.05) is 30.0 Å². The molecule has 0 saturated carbocycles. The van der Waals surface area contributed by atoms with Gasteiger partial charge in [-0.3, -0.25) is 9.36 Å². The number of esters is 1. The maximum absolute atomic E-state index is 13.5. The van der Waals surface area contributed by atoms with Crippen LogP contribution in [0.2, 0.25) is 0 Å². The van der Waals surface area contributed by atoms with Crippen LogP contribution in [0.5, 0.6) is 0 Å². The number of aromatic nitrogens is 4. The molecule has 1 atom stereocenters. The molecule has 2 aromatic heterocycles. The van der Waals surface area contributed by atoms with Crippen LogP contribution in [-0.4, -0.2) is 38.1 Å². The number of hydrogen-bond donors (Lipinski definition) is 1. The number of thioether (sulfide) groups is 1. The summed E-state index contributed by atoms with van der Waals surface area (Å²) in [6.07, 6.45) is 1.87. The zero-order valence-corrected chi connectivity index (χ0v) is 16.0. The average molecular weight is 396 g/mol. The molecular formula is C20H17FN4O2S. The van der Waals surface area contributed by atoms with Crippen molar-refractivity contribution in [2.45, 2.75) is 17.3 Å². The SMILES string of the molecule is COC(=O)[C@H](C)Sc1nnc(-c2c[nH]c3ccccc23)n1-c1ccc(F)cc1. The van der Waals surface area contributed by atoms with E-state index in [2.05, 4.69) is 15.2 Å². The maximum atomic E-state index is 13.5. The van der Waals surface area contributed by atoms with E-state index in [9.17, 15) is 9.18 Å². The van der Waals surface area contributed by atoms with Gasteiger partial charge in [-0.05, 0) is 37.3 Å². The summed E-state index contributed by atoms with van der Waals surface area (Å²) in [6, 6.07) is 14.0. The number of H-pyrrole nitrogens is 1. The van der Waals surface area contributed by atoms with E-state index >= 15 is 0 Å². The van der Waals surface area contributed by atoms with Crippen LogP contribution in [0.15, 0.2) is 59.9 Å². The van der Waals surface area contributed by atoms with Crippen molar-refractivity contribution in [1.82, 2.24) is 19.7 Å². The zero-order valence-electron chi connectivity index (χ0n) is 15.2. The van der Waals surface area contributed by atoms with E-state index in [1.54, 1.807) is 19.1 Å². The molecule has 142 valence electrons. The van der Waals surface area contributed by atoms with Crippen LogP contribution in [0.3, 0.4) is 0 Å². The van der Waals surface area contributed by atoms with Crippen molar-refractivity contribution < 1.29 is 13.9 Å². The predicted octanol–water partition coefficient (Wildman–Crippen LogP) is 4.21. The predicted molar refractivity (Wildman–Crippen MR) is 106 cm³/mol. The van der Waals surface area contributed by atoms with Gasteiger partial charge in [0.05, 0.1) is 7.11 Å². The van der Waals surface area contributed by atoms with Gasteiger partial charge in [0.2, 0.25) is 0 Å². The summed E-state index contributed by atoms with van der Waals surface area (Å²) in [6.45, 7) is 1.74. The summed E-state index contributed by atoms with van der Waals surface area (Å²) in [7, 11) is 1.35. The first kappa shape index (κ1) is 18.2. The van der Waals surface area contributed by atoms with Gasteiger partial charge in [0.1, 0.15) is 11.1 Å². The quantitative estimate of drug-likeness (QED) is 0.404. The van der Waals surface area contributed by atoms with Gasteiger partial charge in [-0.2, -0.15) is 0 Å². The minimum absolute atomic E-state index is 0.331. The van der Waals surface area contributed by atoms with Crippen molar-refractivity contribution in [3.05, 3.63) is 60.5 Å². The smallest absolute Gasteiger partial charge is 0.318 e. The van der Waals surface area contributed by atoms with Gasteiger partial charge in [0, 0.05) is 28.4 Å². The molecule has 0 aliphatic rings. The Kier molecular flexibility index (Phi) is 4.87. The molecule has 4 rings (SSSR count). The van der Waals surface area contributed by atoms with Crippen LogP contribution in [0.1, 0.15) is 6.92 Å². The van der Waals surface area contributed by atoms with Gasteiger partial charge >= 0.3 is 5.97 Å². The van der Waals surface area contributed by atoms with Gasteiger partial charge in [-0.25, -0.2) is 4.39 Å². The Hall–Kier alpha value is -3.13. The fraction of sp³-hybridized carbons (Fsp3) is 0.150. The number of ether oxygens (including phenoxy) is 1. The maximum Gasteiger partial charge on any atom is 0.318 e. The number of nitrogens with zero attached hydrogens (tertiary/aromatic N) is 3.